The van der Waals surface area contributed by atoms with Gasteiger partial charge in [-0.1, -0.05) is 54.4 Å². The molecule has 1 aliphatic heterocycles. The van der Waals surface area contributed by atoms with Crippen molar-refractivity contribution in [3.05, 3.63) is 0 Å². The minimum absolute atomic E-state index is 0.0126. The molecule has 0 aromatic carbocycles. The molecule has 0 aromatic rings. The van der Waals surface area contributed by atoms with Crippen LogP contribution in [0.5, 0.6) is 0 Å². The summed E-state index contributed by atoms with van der Waals surface area (Å²) in [5, 5.41) is 2.95. The topological polar surface area (TPSA) is 49.4 Å². The molecular formula is C17H32N2O2. The van der Waals surface area contributed by atoms with Gasteiger partial charge < -0.3 is 10.2 Å². The Kier molecular flexibility index (Phi) is 6.69. The van der Waals surface area contributed by atoms with E-state index in [2.05, 4.69) is 26.1 Å². The van der Waals surface area contributed by atoms with E-state index in [1.165, 1.54) is 0 Å². The summed E-state index contributed by atoms with van der Waals surface area (Å²) in [7, 11) is 0. The molecule has 0 spiro atoms. The minimum atomic E-state index is -0.355. The Hall–Kier alpha value is -1.06. The Morgan fingerprint density at radius 1 is 1.14 bits per heavy atom. The number of amides is 2. The number of hydrogen-bond donors (Lipinski definition) is 1. The van der Waals surface area contributed by atoms with Crippen molar-refractivity contribution in [1.82, 2.24) is 10.2 Å². The molecule has 0 radical (unpaired) electrons. The molecular weight excluding hydrogens is 264 g/mol. The zero-order valence-corrected chi connectivity index (χ0v) is 14.5. The molecule has 0 aliphatic carbocycles. The molecule has 2 amide bonds. The molecule has 4 nitrogen and oxygen atoms in total. The van der Waals surface area contributed by atoms with Crippen LogP contribution in [0, 0.1) is 17.8 Å². The molecule has 21 heavy (non-hydrogen) atoms. The van der Waals surface area contributed by atoms with Gasteiger partial charge in [0.1, 0.15) is 12.1 Å². The van der Waals surface area contributed by atoms with E-state index in [9.17, 15) is 9.59 Å². The molecule has 4 atom stereocenters. The normalized spacial score (nSPS) is 26.0. The van der Waals surface area contributed by atoms with Gasteiger partial charge >= 0.3 is 0 Å². The second-order valence-corrected chi connectivity index (χ2v) is 6.95. The highest BCUT2D eigenvalue weighted by Gasteiger charge is 2.43. The lowest BCUT2D eigenvalue weighted by Crippen LogP contribution is -2.66. The van der Waals surface area contributed by atoms with Crippen LogP contribution in [-0.2, 0) is 9.59 Å². The fourth-order valence-corrected chi connectivity index (χ4v) is 3.17. The van der Waals surface area contributed by atoms with Gasteiger partial charge in [0, 0.05) is 6.54 Å². The van der Waals surface area contributed by atoms with Crippen LogP contribution in [0.3, 0.4) is 0 Å². The van der Waals surface area contributed by atoms with Gasteiger partial charge in [-0.2, -0.15) is 0 Å². The first-order valence-electron chi connectivity index (χ1n) is 8.44. The molecule has 0 saturated carbocycles. The standard InChI is InChI=1S/C17H32N2O2/c1-7-9-12(5)10-19-15(11(3)4)16(20)18-14(17(19)21)13(6)8-2/h11-15H,7-10H2,1-6H3,(H,18,20). The number of nitrogens with zero attached hydrogens (tertiary/aromatic N) is 1. The van der Waals surface area contributed by atoms with Gasteiger partial charge in [-0.05, 0) is 24.2 Å². The lowest BCUT2D eigenvalue weighted by Gasteiger charge is -2.43. The molecule has 4 heteroatoms. The van der Waals surface area contributed by atoms with Crippen molar-refractivity contribution < 1.29 is 9.59 Å². The summed E-state index contributed by atoms with van der Waals surface area (Å²) in [5.74, 6) is 0.868. The smallest absolute Gasteiger partial charge is 0.246 e. The average Bonchev–Trinajstić information content (AvgIpc) is 2.41. The van der Waals surface area contributed by atoms with Crippen molar-refractivity contribution in [2.75, 3.05) is 6.54 Å². The van der Waals surface area contributed by atoms with Crippen LogP contribution in [0.1, 0.15) is 60.8 Å². The third-order valence-electron chi connectivity index (χ3n) is 4.59. The molecule has 0 bridgehead atoms. The Bertz CT molecular complexity index is 368. The molecule has 1 N–H and O–H groups in total. The van der Waals surface area contributed by atoms with Gasteiger partial charge in [0.25, 0.3) is 0 Å². The van der Waals surface area contributed by atoms with Gasteiger partial charge in [-0.25, -0.2) is 0 Å². The van der Waals surface area contributed by atoms with E-state index in [0.29, 0.717) is 12.5 Å². The lowest BCUT2D eigenvalue weighted by atomic mass is 9.89. The number of piperazine rings is 1. The van der Waals surface area contributed by atoms with Gasteiger partial charge in [0.15, 0.2) is 0 Å². The molecule has 0 aromatic heterocycles. The van der Waals surface area contributed by atoms with Gasteiger partial charge in [0.2, 0.25) is 11.8 Å². The second-order valence-electron chi connectivity index (χ2n) is 6.95. The van der Waals surface area contributed by atoms with E-state index in [-0.39, 0.29) is 35.7 Å². The maximum atomic E-state index is 12.8. The van der Waals surface area contributed by atoms with Crippen LogP contribution in [0.4, 0.5) is 0 Å². The summed E-state index contributed by atoms with van der Waals surface area (Å²) in [4.78, 5) is 27.1. The largest absolute Gasteiger partial charge is 0.342 e. The summed E-state index contributed by atoms with van der Waals surface area (Å²) >= 11 is 0. The quantitative estimate of drug-likeness (QED) is 0.785. The summed E-state index contributed by atoms with van der Waals surface area (Å²) in [5.41, 5.74) is 0. The maximum Gasteiger partial charge on any atom is 0.246 e. The van der Waals surface area contributed by atoms with E-state index in [1.807, 2.05) is 25.7 Å². The zero-order chi connectivity index (χ0) is 16.2. The fourth-order valence-electron chi connectivity index (χ4n) is 3.17. The van der Waals surface area contributed by atoms with Crippen LogP contribution >= 0.6 is 0 Å². The number of hydrogen-bond acceptors (Lipinski definition) is 2. The molecule has 1 heterocycles. The summed E-state index contributed by atoms with van der Waals surface area (Å²) in [6, 6.07) is -0.677. The monoisotopic (exact) mass is 296 g/mol. The van der Waals surface area contributed by atoms with Crippen molar-refractivity contribution in [2.24, 2.45) is 17.8 Å². The van der Waals surface area contributed by atoms with E-state index in [4.69, 9.17) is 0 Å². The van der Waals surface area contributed by atoms with Gasteiger partial charge in [-0.3, -0.25) is 9.59 Å². The van der Waals surface area contributed by atoms with Crippen LogP contribution in [0.25, 0.3) is 0 Å². The fraction of sp³-hybridized carbons (Fsp3) is 0.882. The van der Waals surface area contributed by atoms with Crippen molar-refractivity contribution >= 4 is 11.8 Å². The second kappa shape index (κ2) is 7.81. The highest BCUT2D eigenvalue weighted by molar-refractivity contribution is 5.97. The highest BCUT2D eigenvalue weighted by atomic mass is 16.2. The predicted molar refractivity (Wildman–Crippen MR) is 85.8 cm³/mol. The van der Waals surface area contributed by atoms with Crippen LogP contribution in [-0.4, -0.2) is 35.3 Å². The average molecular weight is 296 g/mol. The first-order chi connectivity index (χ1) is 9.83. The first-order valence-corrected chi connectivity index (χ1v) is 8.44. The maximum absolute atomic E-state index is 12.8. The van der Waals surface area contributed by atoms with Crippen LogP contribution < -0.4 is 5.32 Å². The van der Waals surface area contributed by atoms with Crippen LogP contribution in [0.2, 0.25) is 0 Å². The van der Waals surface area contributed by atoms with E-state index >= 15 is 0 Å². The Morgan fingerprint density at radius 2 is 1.76 bits per heavy atom. The Morgan fingerprint density at radius 3 is 2.24 bits per heavy atom. The van der Waals surface area contributed by atoms with Crippen LogP contribution in [0.15, 0.2) is 0 Å². The molecule has 1 saturated heterocycles. The molecule has 1 aliphatic rings. The number of rotatable bonds is 7. The molecule has 4 unspecified atom stereocenters. The number of carbonyl (C=O) groups excluding carboxylic acids is 2. The van der Waals surface area contributed by atoms with Crippen molar-refractivity contribution in [3.8, 4) is 0 Å². The minimum Gasteiger partial charge on any atom is -0.342 e. The van der Waals surface area contributed by atoms with E-state index in [1.54, 1.807) is 0 Å². The lowest BCUT2D eigenvalue weighted by molar-refractivity contribution is -0.153. The van der Waals surface area contributed by atoms with E-state index < -0.39 is 0 Å². The molecule has 1 rings (SSSR count). The van der Waals surface area contributed by atoms with Crippen molar-refractivity contribution in [1.29, 1.82) is 0 Å². The van der Waals surface area contributed by atoms with Crippen molar-refractivity contribution in [3.63, 3.8) is 0 Å². The summed E-state index contributed by atoms with van der Waals surface area (Å²) < 4.78 is 0. The third-order valence-corrected chi connectivity index (χ3v) is 4.59. The summed E-state index contributed by atoms with van der Waals surface area (Å²) in [6.45, 7) is 13.1. The third kappa shape index (κ3) is 4.21. The highest BCUT2D eigenvalue weighted by Crippen LogP contribution is 2.24. The first kappa shape index (κ1) is 18.0. The Balaban J connectivity index is 2.97. The van der Waals surface area contributed by atoms with Crippen molar-refractivity contribution in [2.45, 2.75) is 72.9 Å². The molecule has 1 fully saturated rings. The van der Waals surface area contributed by atoms with Gasteiger partial charge in [0.05, 0.1) is 0 Å². The number of carbonyl (C=O) groups is 2. The zero-order valence-electron chi connectivity index (χ0n) is 14.5. The van der Waals surface area contributed by atoms with Gasteiger partial charge in [-0.15, -0.1) is 0 Å². The summed E-state index contributed by atoms with van der Waals surface area (Å²) in [6.07, 6.45) is 3.09. The molecule has 122 valence electrons. The Labute approximate surface area is 129 Å². The van der Waals surface area contributed by atoms with E-state index in [0.717, 1.165) is 19.3 Å². The predicted octanol–water partition coefficient (Wildman–Crippen LogP) is 2.82. The SMILES string of the molecule is CCCC(C)CN1C(=O)C(C(C)CC)NC(=O)C1C(C)C. The number of nitrogens with one attached hydrogen (secondary N) is 1.